The number of aliphatic imine (C=N–C) groups is 1. The zero-order valence-corrected chi connectivity index (χ0v) is 19.3. The van der Waals surface area contributed by atoms with E-state index >= 15 is 0 Å². The van der Waals surface area contributed by atoms with Crippen molar-refractivity contribution in [2.45, 2.75) is 49.6 Å². The van der Waals surface area contributed by atoms with Crippen LogP contribution in [0.25, 0.3) is 0 Å². The zero-order valence-electron chi connectivity index (χ0n) is 18.5. The van der Waals surface area contributed by atoms with Crippen molar-refractivity contribution in [2.75, 3.05) is 32.4 Å². The van der Waals surface area contributed by atoms with Crippen molar-refractivity contribution in [3.8, 4) is 0 Å². The highest BCUT2D eigenvalue weighted by atomic mass is 32.2. The average Bonchev–Trinajstić information content (AvgIpc) is 3.33. The number of nitrogens with one attached hydrogen (secondary N) is 2. The van der Waals surface area contributed by atoms with Gasteiger partial charge in [0.1, 0.15) is 5.76 Å². The molecule has 1 aliphatic heterocycles. The van der Waals surface area contributed by atoms with Gasteiger partial charge < -0.3 is 15.1 Å². The Morgan fingerprint density at radius 2 is 1.87 bits per heavy atom. The van der Waals surface area contributed by atoms with Crippen LogP contribution in [0.4, 0.5) is 0 Å². The van der Waals surface area contributed by atoms with Crippen molar-refractivity contribution in [1.82, 2.24) is 15.5 Å². The lowest BCUT2D eigenvalue weighted by Crippen LogP contribution is -2.48. The van der Waals surface area contributed by atoms with Crippen molar-refractivity contribution >= 4 is 15.8 Å². The van der Waals surface area contributed by atoms with Gasteiger partial charge in [-0.05, 0) is 56.6 Å². The molecule has 1 aliphatic rings. The van der Waals surface area contributed by atoms with Gasteiger partial charge in [-0.25, -0.2) is 8.42 Å². The molecule has 1 aromatic carbocycles. The van der Waals surface area contributed by atoms with Crippen LogP contribution < -0.4 is 10.6 Å². The van der Waals surface area contributed by atoms with Gasteiger partial charge in [0.05, 0.1) is 23.0 Å². The van der Waals surface area contributed by atoms with Crippen molar-refractivity contribution < 1.29 is 12.8 Å². The molecular formula is C23H34N4O3S. The number of nitrogens with zero attached hydrogens (tertiary/aromatic N) is 2. The monoisotopic (exact) mass is 446 g/mol. The lowest BCUT2D eigenvalue weighted by atomic mass is 10.1. The van der Waals surface area contributed by atoms with Crippen molar-refractivity contribution in [2.24, 2.45) is 4.99 Å². The molecule has 0 bridgehead atoms. The quantitative estimate of drug-likeness (QED) is 0.454. The van der Waals surface area contributed by atoms with Crippen LogP contribution in [-0.2, 0) is 9.84 Å². The Hall–Kier alpha value is -2.32. The lowest BCUT2D eigenvalue weighted by Gasteiger charge is -2.34. The fourth-order valence-electron chi connectivity index (χ4n) is 3.95. The lowest BCUT2D eigenvalue weighted by molar-refractivity contribution is 0.146. The maximum Gasteiger partial charge on any atom is 0.191 e. The molecule has 0 radical (unpaired) electrons. The predicted molar refractivity (Wildman–Crippen MR) is 124 cm³/mol. The Kier molecular flexibility index (Phi) is 8.54. The summed E-state index contributed by atoms with van der Waals surface area (Å²) in [7, 11) is -1.67. The Bertz CT molecular complexity index is 908. The van der Waals surface area contributed by atoms with E-state index in [0.717, 1.165) is 18.8 Å². The summed E-state index contributed by atoms with van der Waals surface area (Å²) < 4.78 is 31.3. The molecule has 1 aromatic heterocycles. The van der Waals surface area contributed by atoms with Gasteiger partial charge in [-0.2, -0.15) is 0 Å². The second-order valence-corrected chi connectivity index (χ2v) is 9.96. The van der Waals surface area contributed by atoms with Crippen molar-refractivity contribution in [3.05, 3.63) is 54.5 Å². The minimum Gasteiger partial charge on any atom is -0.468 e. The van der Waals surface area contributed by atoms with Crippen LogP contribution in [0.5, 0.6) is 0 Å². The molecule has 31 heavy (non-hydrogen) atoms. The van der Waals surface area contributed by atoms with Crippen molar-refractivity contribution in [1.29, 1.82) is 0 Å². The minimum atomic E-state index is -3.38. The number of guanidine groups is 1. The van der Waals surface area contributed by atoms with Crippen LogP contribution in [0.1, 0.15) is 44.4 Å². The van der Waals surface area contributed by atoms with Crippen LogP contribution >= 0.6 is 0 Å². The maximum absolute atomic E-state index is 12.8. The first-order valence-electron chi connectivity index (χ1n) is 11.1. The van der Waals surface area contributed by atoms with Gasteiger partial charge >= 0.3 is 0 Å². The number of benzene rings is 1. The molecule has 0 aliphatic carbocycles. The summed E-state index contributed by atoms with van der Waals surface area (Å²) in [5.74, 6) is 1.55. The summed E-state index contributed by atoms with van der Waals surface area (Å²) >= 11 is 0. The van der Waals surface area contributed by atoms with Crippen LogP contribution in [0.2, 0.25) is 0 Å². The molecule has 1 fully saturated rings. The summed E-state index contributed by atoms with van der Waals surface area (Å²) in [4.78, 5) is 7.12. The highest BCUT2D eigenvalue weighted by Crippen LogP contribution is 2.24. The number of hydrogen-bond donors (Lipinski definition) is 2. The zero-order chi connectivity index (χ0) is 22.1. The first-order chi connectivity index (χ1) is 15.0. The molecule has 8 heteroatoms. The first kappa shape index (κ1) is 23.3. The Morgan fingerprint density at radius 1 is 1.13 bits per heavy atom. The third-order valence-electron chi connectivity index (χ3n) is 5.75. The van der Waals surface area contributed by atoms with E-state index < -0.39 is 9.84 Å². The highest BCUT2D eigenvalue weighted by Gasteiger charge is 2.25. The summed E-state index contributed by atoms with van der Waals surface area (Å²) in [6.07, 6.45) is 6.03. The van der Waals surface area contributed by atoms with E-state index in [-0.39, 0.29) is 17.8 Å². The molecule has 3 rings (SSSR count). The largest absolute Gasteiger partial charge is 0.468 e. The number of sulfone groups is 1. The topological polar surface area (TPSA) is 86.9 Å². The summed E-state index contributed by atoms with van der Waals surface area (Å²) in [6.45, 7) is 4.71. The fraction of sp³-hybridized carbons (Fsp3) is 0.522. The molecule has 170 valence electrons. The minimum absolute atomic E-state index is 0.0158. The highest BCUT2D eigenvalue weighted by molar-refractivity contribution is 7.91. The van der Waals surface area contributed by atoms with Gasteiger partial charge in [-0.15, -0.1) is 0 Å². The van der Waals surface area contributed by atoms with E-state index in [9.17, 15) is 8.42 Å². The van der Waals surface area contributed by atoms with Gasteiger partial charge in [0, 0.05) is 19.6 Å². The van der Waals surface area contributed by atoms with Crippen LogP contribution in [-0.4, -0.2) is 57.8 Å². The van der Waals surface area contributed by atoms with E-state index in [2.05, 4.69) is 20.5 Å². The average molecular weight is 447 g/mol. The molecule has 2 heterocycles. The van der Waals surface area contributed by atoms with Gasteiger partial charge in [-0.1, -0.05) is 31.5 Å². The van der Waals surface area contributed by atoms with Gasteiger partial charge in [-0.3, -0.25) is 9.89 Å². The summed E-state index contributed by atoms with van der Waals surface area (Å²) in [5.41, 5.74) is 0. The molecule has 2 atom stereocenters. The SMILES string of the molecule is CCC(CS(=O)(=O)c1ccccc1)NC(=NC)NCC(c1ccco1)N1CCCCC1. The molecule has 0 spiro atoms. The molecule has 0 amide bonds. The van der Waals surface area contributed by atoms with Gasteiger partial charge in [0.2, 0.25) is 0 Å². The molecule has 1 saturated heterocycles. The number of rotatable bonds is 9. The van der Waals surface area contributed by atoms with E-state index in [1.165, 1.54) is 19.3 Å². The maximum atomic E-state index is 12.8. The number of piperidine rings is 1. The van der Waals surface area contributed by atoms with Crippen molar-refractivity contribution in [3.63, 3.8) is 0 Å². The third-order valence-corrected chi connectivity index (χ3v) is 7.58. The number of likely N-dealkylation sites (tertiary alicyclic amines) is 1. The smallest absolute Gasteiger partial charge is 0.191 e. The first-order valence-corrected chi connectivity index (χ1v) is 12.7. The third kappa shape index (κ3) is 6.58. The van der Waals surface area contributed by atoms with Gasteiger partial charge in [0.25, 0.3) is 0 Å². The van der Waals surface area contributed by atoms with E-state index in [4.69, 9.17) is 4.42 Å². The number of furan rings is 1. The second kappa shape index (κ2) is 11.3. The number of hydrogen-bond acceptors (Lipinski definition) is 5. The van der Waals surface area contributed by atoms with E-state index in [0.29, 0.717) is 23.8 Å². The second-order valence-electron chi connectivity index (χ2n) is 7.92. The van der Waals surface area contributed by atoms with E-state index in [1.807, 2.05) is 25.1 Å². The van der Waals surface area contributed by atoms with Crippen LogP contribution in [0.3, 0.4) is 0 Å². The molecular weight excluding hydrogens is 412 g/mol. The molecule has 2 unspecified atom stereocenters. The van der Waals surface area contributed by atoms with Gasteiger partial charge in [0.15, 0.2) is 15.8 Å². The fourth-order valence-corrected chi connectivity index (χ4v) is 5.57. The molecule has 2 aromatic rings. The Labute approximate surface area is 185 Å². The van der Waals surface area contributed by atoms with Crippen LogP contribution in [0.15, 0.2) is 63.0 Å². The molecule has 2 N–H and O–H groups in total. The Balaban J connectivity index is 1.62. The standard InChI is InChI=1S/C23H34N4O3S/c1-3-19(18-31(28,29)20-11-6-4-7-12-20)26-23(24-2)25-17-21(22-13-10-16-30-22)27-14-8-5-9-15-27/h4,6-7,10-13,16,19,21H,3,5,8-9,14-15,17-18H2,1-2H3,(H2,24,25,26). The summed E-state index contributed by atoms with van der Waals surface area (Å²) in [6, 6.07) is 12.4. The molecule has 0 saturated carbocycles. The van der Waals surface area contributed by atoms with Crippen LogP contribution in [0, 0.1) is 0 Å². The summed E-state index contributed by atoms with van der Waals surface area (Å²) in [5, 5.41) is 6.68. The predicted octanol–water partition coefficient (Wildman–Crippen LogP) is 3.22. The normalized spacial score (nSPS) is 17.8. The van der Waals surface area contributed by atoms with E-state index in [1.54, 1.807) is 37.6 Å². The molecule has 7 nitrogen and oxygen atoms in total. The Morgan fingerprint density at radius 3 is 2.48 bits per heavy atom.